The van der Waals surface area contributed by atoms with E-state index in [1.807, 2.05) is 18.2 Å². The summed E-state index contributed by atoms with van der Waals surface area (Å²) in [6.45, 7) is 14.5. The van der Waals surface area contributed by atoms with Crippen LogP contribution in [0.5, 0.6) is 5.75 Å². The molecule has 98 heavy (non-hydrogen) atoms. The zero-order chi connectivity index (χ0) is 66.8. The minimum atomic E-state index is -1.43. The van der Waals surface area contributed by atoms with Crippen molar-refractivity contribution in [3.63, 3.8) is 0 Å². The summed E-state index contributed by atoms with van der Waals surface area (Å²) in [5.41, 5.74) is 12.9. The number of hydrogen-bond acceptors (Lipinski definition) is 3. The maximum Gasteiger partial charge on any atom is 1.00 e. The van der Waals surface area contributed by atoms with Crippen molar-refractivity contribution in [3.8, 4) is 28.0 Å². The number of fused-ring (bicyclic) bond motifs is 5. The van der Waals surface area contributed by atoms with Crippen molar-refractivity contribution in [3.05, 3.63) is 328 Å². The van der Waals surface area contributed by atoms with E-state index in [9.17, 15) is 5.11 Å². The third-order valence-electron chi connectivity index (χ3n) is 18.8. The van der Waals surface area contributed by atoms with Crippen molar-refractivity contribution in [2.24, 2.45) is 0 Å². The van der Waals surface area contributed by atoms with Crippen molar-refractivity contribution in [2.45, 2.75) is 39.3 Å². The van der Waals surface area contributed by atoms with Crippen LogP contribution in [0.15, 0.2) is 328 Å². The summed E-state index contributed by atoms with van der Waals surface area (Å²) < 4.78 is 5.25. The second-order valence-electron chi connectivity index (χ2n) is 26.8. The van der Waals surface area contributed by atoms with Gasteiger partial charge in [-0.1, -0.05) is 292 Å². The van der Waals surface area contributed by atoms with Crippen LogP contribution in [-0.4, -0.2) is 34.3 Å². The Morgan fingerprint density at radius 1 is 0.306 bits per heavy atom. The fraction of sp³-hybridized carbons (Fsp3) is 0.0674. The predicted molar refractivity (Wildman–Crippen MR) is 426 cm³/mol. The van der Waals surface area contributed by atoms with E-state index in [1.165, 1.54) is 131 Å². The van der Waals surface area contributed by atoms with E-state index in [4.69, 9.17) is 1.34 Å². The molecule has 1 aromatic heterocycles. The third-order valence-corrected chi connectivity index (χ3v) is 23.0. The average molecular weight is 1290 g/mol. The Morgan fingerprint density at radius 2 is 0.633 bits per heavy atom. The van der Waals surface area contributed by atoms with Gasteiger partial charge in [0.25, 0.3) is 0 Å². The average Bonchev–Trinajstić information content (AvgIpc) is 0.729. The zero-order valence-corrected chi connectivity index (χ0v) is 58.6. The topological polar surface area (TPSA) is 43.7 Å². The molecule has 465 valence electrons. The number of aromatic nitrogens is 1. The number of aromatic amines is 1. The molecule has 0 saturated heterocycles. The van der Waals surface area contributed by atoms with E-state index in [1.54, 1.807) is 18.3 Å². The van der Waals surface area contributed by atoms with Gasteiger partial charge in [0.1, 0.15) is 0 Å². The van der Waals surface area contributed by atoms with Gasteiger partial charge in [-0.25, -0.2) is 4.98 Å². The van der Waals surface area contributed by atoms with E-state index >= 15 is 0 Å². The first-order chi connectivity index (χ1) is 47.4. The number of benzene rings is 16. The molecule has 0 aliphatic rings. The minimum Gasteiger partial charge on any atom is -0.868 e. The second kappa shape index (κ2) is 28.3. The summed E-state index contributed by atoms with van der Waals surface area (Å²) >= 11 is 0. The van der Waals surface area contributed by atoms with Crippen LogP contribution in [0, 0.1) is 0 Å². The van der Waals surface area contributed by atoms with Gasteiger partial charge in [0.05, 0.1) is 27.5 Å². The van der Waals surface area contributed by atoms with Crippen LogP contribution in [0.4, 0.5) is 34.1 Å². The van der Waals surface area contributed by atoms with E-state index in [0.717, 1.165) is 16.8 Å². The first kappa shape index (κ1) is 66.2. The molecule has 9 heteroatoms. The molecule has 0 saturated carbocycles. The maximum atomic E-state index is 11.1. The fourth-order valence-corrected chi connectivity index (χ4v) is 16.4. The van der Waals surface area contributed by atoms with Gasteiger partial charge in [-0.15, -0.1) is 0 Å². The fourth-order valence-electron chi connectivity index (χ4n) is 14.1. The van der Waals surface area contributed by atoms with Crippen LogP contribution < -0.4 is 49.1 Å². The normalized spacial score (nSPS) is 11.4. The van der Waals surface area contributed by atoms with E-state index in [-0.39, 0.29) is 33.0 Å². The molecular weight excluding hydrogens is 1210 g/mol. The smallest absolute Gasteiger partial charge is 0.868 e. The maximum absolute atomic E-state index is 11.1. The number of nitrogens with zero attached hydrogens (tertiary/aromatic N) is 2. The van der Waals surface area contributed by atoms with Crippen LogP contribution in [0.25, 0.3) is 109 Å². The van der Waals surface area contributed by atoms with E-state index in [2.05, 4.69) is 354 Å². The van der Waals surface area contributed by atoms with Gasteiger partial charge >= 0.3 is 18.9 Å². The Hall–Kier alpha value is -10.4. The Balaban J connectivity index is 0.000000163. The molecule has 17 aromatic rings. The summed E-state index contributed by atoms with van der Waals surface area (Å²) in [5.74, 6) is 0.0445. The van der Waals surface area contributed by atoms with Crippen LogP contribution in [-0.2, 0) is 0 Å². The molecule has 0 unspecified atom stereocenters. The molecule has 5 radical (unpaired) electrons. The molecule has 0 amide bonds. The summed E-state index contributed by atoms with van der Waals surface area (Å²) in [7, 11) is 0.882. The summed E-state index contributed by atoms with van der Waals surface area (Å²) in [4.78, 5) is 7.76. The monoisotopic (exact) mass is 1290 g/mol. The number of pyridine rings is 1. The van der Waals surface area contributed by atoms with Crippen molar-refractivity contribution < 1.29 is 29.0 Å². The second-order valence-corrected chi connectivity index (χ2v) is 37.0. The van der Waals surface area contributed by atoms with Gasteiger partial charge in [-0.3, -0.25) is 0 Å². The van der Waals surface area contributed by atoms with Gasteiger partial charge in [0.2, 0.25) is 5.52 Å². The van der Waals surface area contributed by atoms with Crippen molar-refractivity contribution in [2.75, 3.05) is 9.80 Å². The minimum absolute atomic E-state index is 0. The van der Waals surface area contributed by atoms with Crippen LogP contribution in [0.1, 0.15) is 0 Å². The number of anilines is 6. The Labute approximate surface area is 594 Å². The third kappa shape index (κ3) is 12.8. The Kier molecular flexibility index (Phi) is 19.1. The van der Waals surface area contributed by atoms with E-state index < -0.39 is 16.1 Å². The quantitative estimate of drug-likeness (QED) is 0.0779. The Morgan fingerprint density at radius 3 is 1.03 bits per heavy atom. The first-order valence-corrected chi connectivity index (χ1v) is 39.9. The van der Waals surface area contributed by atoms with E-state index in [0.29, 0.717) is 5.52 Å². The standard InChI is InChI=1S/C46H44N2Si2.C34H22.C9H7NO.BH.B.Li/c1-49(2,3)39-25-21-37(22-26-39)47(35-13-9-7-10-14-35)43-31-19-33-18-30-42-44(32-20-34-17-29-41(43)45(33)46(34)42)48(36-15-11-8-12-16-36)38-23-27-40(28-24-38)50(4,5)6;1-3-15-25-23(11-1)13-9-21-27(25)33-29-17-5-7-19-31(29)34(32-20-8-6-18-30(32)33)28-22-10-14-24-12-2-4-16-26(24)28;11-8-5-1-3-7-4-2-6-10-9(7)8;;;/h7-32H,1-6H3;1-22H;1-6,11H;1H;;/q;;;;;+1/i;;;1D;;. The van der Waals surface area contributed by atoms with Crippen LogP contribution in [0.2, 0.25) is 39.3 Å². The predicted octanol–water partition coefficient (Wildman–Crippen LogP) is 18.9. The molecule has 0 spiro atoms. The van der Waals surface area contributed by atoms with Gasteiger partial charge < -0.3 is 14.9 Å². The van der Waals surface area contributed by atoms with Gasteiger partial charge in [-0.05, 0) is 167 Å². The van der Waals surface area contributed by atoms with Gasteiger partial charge in [0, 0.05) is 61.8 Å². The number of rotatable bonds is 10. The van der Waals surface area contributed by atoms with Crippen molar-refractivity contribution >= 4 is 164 Å². The zero-order valence-electron chi connectivity index (χ0n) is 57.6. The molecule has 0 atom stereocenters. The summed E-state index contributed by atoms with van der Waals surface area (Å²) in [6, 6.07) is 116. The summed E-state index contributed by atoms with van der Waals surface area (Å²) in [5, 5.41) is 33.0. The number of hydrogen-bond donors (Lipinski definition) is 0. The largest absolute Gasteiger partial charge is 1.00 e. The summed E-state index contributed by atoms with van der Waals surface area (Å²) in [6.07, 6.45) is 1.75. The Bertz CT molecular complexity index is 5290. The molecule has 16 aromatic carbocycles. The van der Waals surface area contributed by atoms with Crippen LogP contribution in [0.3, 0.4) is 0 Å². The molecule has 0 fully saturated rings. The molecule has 0 aliphatic heterocycles. The molecular formula is C89H74B2LiN3OSi2+. The molecule has 17 rings (SSSR count). The number of para-hydroxylation sites is 3. The van der Waals surface area contributed by atoms with Crippen molar-refractivity contribution in [1.29, 1.82) is 1.34 Å². The molecule has 1 N–H and O–H groups in total. The van der Waals surface area contributed by atoms with Gasteiger partial charge in [0.15, 0.2) is 6.20 Å². The van der Waals surface area contributed by atoms with Gasteiger partial charge in [-0.2, -0.15) is 0 Å². The van der Waals surface area contributed by atoms with Crippen molar-refractivity contribution in [1.82, 2.24) is 0 Å². The first-order valence-electron chi connectivity index (χ1n) is 33.5. The SMILES string of the molecule is C[Si](C)(C)c1ccc(N(c2ccccc2)c2ccc3ccc4c(N(c5ccccc5)c5ccc([Si](C)(C)C)cc5)ccc5ccc2c3c54)cc1.[2H][B].[B].[Li+].[O-]c1cccc2ccc[nH+]c12.c1ccc2c(-c3c4ccccc4c(-c4cccc5ccccc45)c4ccccc34)cccc2c1. The number of nitrogens with one attached hydrogen (secondary N) is 1. The molecule has 0 bridgehead atoms. The molecule has 4 nitrogen and oxygen atoms in total. The molecule has 1 heterocycles. The molecule has 0 aliphatic carbocycles. The van der Waals surface area contributed by atoms with Crippen LogP contribution >= 0.6 is 0 Å². The number of H-pyrrole nitrogens is 1.